The van der Waals surface area contributed by atoms with Crippen molar-refractivity contribution in [3.8, 4) is 11.5 Å². The van der Waals surface area contributed by atoms with E-state index in [1.165, 1.54) is 0 Å². The van der Waals surface area contributed by atoms with Crippen molar-refractivity contribution in [1.29, 1.82) is 0 Å². The van der Waals surface area contributed by atoms with Crippen molar-refractivity contribution in [2.24, 2.45) is 0 Å². The standard InChI is InChI=1S/C31H26O3/c1-33-27-17-9-11-23(19-27)21-29(25-13-5-3-6-14-25)31(32)30(26-15-7-4-8-16-26)22-24-12-10-18-28(20-24)34-2/h3-22H,1-2H3. The summed E-state index contributed by atoms with van der Waals surface area (Å²) in [6, 6.07) is 34.9. The Morgan fingerprint density at radius 3 is 1.35 bits per heavy atom. The molecule has 4 rings (SSSR count). The Labute approximate surface area is 200 Å². The molecule has 0 aromatic heterocycles. The molecule has 0 aliphatic heterocycles. The first-order chi connectivity index (χ1) is 16.7. The Bertz CT molecular complexity index is 1220. The molecule has 0 amide bonds. The lowest BCUT2D eigenvalue weighted by Crippen LogP contribution is -2.05. The molecule has 0 radical (unpaired) electrons. The van der Waals surface area contributed by atoms with E-state index in [0.717, 1.165) is 33.8 Å². The first-order valence-electron chi connectivity index (χ1n) is 11.0. The molecule has 3 nitrogen and oxygen atoms in total. The van der Waals surface area contributed by atoms with Gasteiger partial charge in [0.15, 0.2) is 5.78 Å². The molecule has 4 aromatic carbocycles. The van der Waals surface area contributed by atoms with Crippen molar-refractivity contribution in [3.63, 3.8) is 0 Å². The molecular formula is C31H26O3. The van der Waals surface area contributed by atoms with Crippen LogP contribution in [0.1, 0.15) is 22.3 Å². The predicted molar refractivity (Wildman–Crippen MR) is 140 cm³/mol. The lowest BCUT2D eigenvalue weighted by molar-refractivity contribution is -0.108. The Balaban J connectivity index is 1.88. The van der Waals surface area contributed by atoms with Crippen LogP contribution in [-0.4, -0.2) is 20.0 Å². The number of Topliss-reactive ketones (excluding diaryl/α,β-unsaturated/α-hetero) is 1. The van der Waals surface area contributed by atoms with Crippen LogP contribution in [0.5, 0.6) is 11.5 Å². The fourth-order valence-electron chi connectivity index (χ4n) is 3.74. The lowest BCUT2D eigenvalue weighted by Gasteiger charge is -2.13. The highest BCUT2D eigenvalue weighted by Crippen LogP contribution is 2.30. The number of benzene rings is 4. The second kappa shape index (κ2) is 11.0. The minimum Gasteiger partial charge on any atom is -0.497 e. The van der Waals surface area contributed by atoms with Crippen molar-refractivity contribution >= 4 is 29.1 Å². The minimum absolute atomic E-state index is 0.0666. The maximum absolute atomic E-state index is 14.2. The highest BCUT2D eigenvalue weighted by molar-refractivity contribution is 6.46. The highest BCUT2D eigenvalue weighted by Gasteiger charge is 2.19. The van der Waals surface area contributed by atoms with Gasteiger partial charge in [-0.15, -0.1) is 0 Å². The van der Waals surface area contributed by atoms with Gasteiger partial charge in [-0.1, -0.05) is 84.9 Å². The second-order valence-corrected chi connectivity index (χ2v) is 7.73. The molecule has 0 saturated carbocycles. The number of hydrogen-bond acceptors (Lipinski definition) is 3. The monoisotopic (exact) mass is 446 g/mol. The molecule has 0 unspecified atom stereocenters. The minimum atomic E-state index is -0.0666. The number of methoxy groups -OCH3 is 2. The topological polar surface area (TPSA) is 35.5 Å². The van der Waals surface area contributed by atoms with Gasteiger partial charge in [-0.2, -0.15) is 0 Å². The zero-order chi connectivity index (χ0) is 23.8. The number of hydrogen-bond donors (Lipinski definition) is 0. The first-order valence-corrected chi connectivity index (χ1v) is 11.0. The normalized spacial score (nSPS) is 11.7. The van der Waals surface area contributed by atoms with Gasteiger partial charge in [0.2, 0.25) is 0 Å². The van der Waals surface area contributed by atoms with Gasteiger partial charge in [-0.05, 0) is 58.7 Å². The van der Waals surface area contributed by atoms with Crippen LogP contribution in [-0.2, 0) is 4.79 Å². The van der Waals surface area contributed by atoms with Crippen LogP contribution in [0, 0.1) is 0 Å². The summed E-state index contributed by atoms with van der Waals surface area (Å²) >= 11 is 0. The van der Waals surface area contributed by atoms with E-state index in [9.17, 15) is 4.79 Å². The highest BCUT2D eigenvalue weighted by atomic mass is 16.5. The van der Waals surface area contributed by atoms with E-state index in [2.05, 4.69) is 0 Å². The van der Waals surface area contributed by atoms with Gasteiger partial charge in [0, 0.05) is 11.1 Å². The molecule has 168 valence electrons. The van der Waals surface area contributed by atoms with Crippen LogP contribution in [0.25, 0.3) is 23.3 Å². The molecule has 0 atom stereocenters. The summed E-state index contributed by atoms with van der Waals surface area (Å²) in [4.78, 5) is 14.2. The van der Waals surface area contributed by atoms with Gasteiger partial charge in [-0.25, -0.2) is 0 Å². The zero-order valence-corrected chi connectivity index (χ0v) is 19.3. The van der Waals surface area contributed by atoms with Crippen LogP contribution >= 0.6 is 0 Å². The zero-order valence-electron chi connectivity index (χ0n) is 19.3. The lowest BCUT2D eigenvalue weighted by atomic mass is 9.90. The number of ether oxygens (including phenoxy) is 2. The molecule has 0 spiro atoms. The maximum Gasteiger partial charge on any atom is 0.194 e. The third-order valence-electron chi connectivity index (χ3n) is 5.47. The van der Waals surface area contributed by atoms with Crippen LogP contribution < -0.4 is 9.47 Å². The van der Waals surface area contributed by atoms with Crippen LogP contribution in [0.4, 0.5) is 0 Å². The van der Waals surface area contributed by atoms with Crippen molar-refractivity contribution < 1.29 is 14.3 Å². The third kappa shape index (κ3) is 5.51. The molecule has 0 saturated heterocycles. The summed E-state index contributed by atoms with van der Waals surface area (Å²) in [6.07, 6.45) is 3.84. The quantitative estimate of drug-likeness (QED) is 0.215. The van der Waals surface area contributed by atoms with E-state index in [0.29, 0.717) is 11.1 Å². The van der Waals surface area contributed by atoms with Crippen molar-refractivity contribution in [3.05, 3.63) is 131 Å². The molecule has 0 fully saturated rings. The average Bonchev–Trinajstić information content (AvgIpc) is 2.91. The van der Waals surface area contributed by atoms with Crippen molar-refractivity contribution in [2.75, 3.05) is 14.2 Å². The van der Waals surface area contributed by atoms with Gasteiger partial charge in [-0.3, -0.25) is 4.79 Å². The third-order valence-corrected chi connectivity index (χ3v) is 5.47. The number of allylic oxidation sites excluding steroid dienone is 2. The Kier molecular flexibility index (Phi) is 7.36. The molecule has 3 heteroatoms. The number of carbonyl (C=O) groups is 1. The van der Waals surface area contributed by atoms with Gasteiger partial charge < -0.3 is 9.47 Å². The van der Waals surface area contributed by atoms with Crippen molar-refractivity contribution in [2.45, 2.75) is 0 Å². The van der Waals surface area contributed by atoms with Crippen LogP contribution in [0.15, 0.2) is 109 Å². The van der Waals surface area contributed by atoms with E-state index in [1.54, 1.807) is 14.2 Å². The average molecular weight is 447 g/mol. The van der Waals surface area contributed by atoms with E-state index in [-0.39, 0.29) is 5.78 Å². The Hall–Kier alpha value is -4.37. The number of rotatable bonds is 8. The summed E-state index contributed by atoms with van der Waals surface area (Å²) in [5.41, 5.74) is 4.69. The molecule has 34 heavy (non-hydrogen) atoms. The molecular weight excluding hydrogens is 420 g/mol. The molecule has 0 N–H and O–H groups in total. The summed E-state index contributed by atoms with van der Waals surface area (Å²) in [6.45, 7) is 0. The molecule has 4 aromatic rings. The summed E-state index contributed by atoms with van der Waals surface area (Å²) in [5, 5.41) is 0. The molecule has 0 heterocycles. The summed E-state index contributed by atoms with van der Waals surface area (Å²) in [5.74, 6) is 1.41. The van der Waals surface area contributed by atoms with E-state index >= 15 is 0 Å². The van der Waals surface area contributed by atoms with E-state index in [1.807, 2.05) is 121 Å². The van der Waals surface area contributed by atoms with Gasteiger partial charge in [0.1, 0.15) is 11.5 Å². The molecule has 0 aliphatic rings. The maximum atomic E-state index is 14.2. The van der Waals surface area contributed by atoms with Crippen LogP contribution in [0.3, 0.4) is 0 Å². The largest absolute Gasteiger partial charge is 0.497 e. The predicted octanol–water partition coefficient (Wildman–Crippen LogP) is 7.05. The Morgan fingerprint density at radius 1 is 0.559 bits per heavy atom. The summed E-state index contributed by atoms with van der Waals surface area (Å²) in [7, 11) is 3.27. The van der Waals surface area contributed by atoms with Gasteiger partial charge >= 0.3 is 0 Å². The van der Waals surface area contributed by atoms with Gasteiger partial charge in [0.05, 0.1) is 14.2 Å². The van der Waals surface area contributed by atoms with Gasteiger partial charge in [0.25, 0.3) is 0 Å². The smallest absolute Gasteiger partial charge is 0.194 e. The number of ketones is 1. The first kappa shape index (κ1) is 22.8. The summed E-state index contributed by atoms with van der Waals surface area (Å²) < 4.78 is 10.8. The van der Waals surface area contributed by atoms with E-state index in [4.69, 9.17) is 9.47 Å². The Morgan fingerprint density at radius 2 is 0.971 bits per heavy atom. The second-order valence-electron chi connectivity index (χ2n) is 7.73. The van der Waals surface area contributed by atoms with Crippen LogP contribution in [0.2, 0.25) is 0 Å². The molecule has 0 bridgehead atoms. The number of carbonyl (C=O) groups excluding carboxylic acids is 1. The fraction of sp³-hybridized carbons (Fsp3) is 0.0645. The SMILES string of the molecule is COc1cccc(C=C(C(=O)C(=Cc2cccc(OC)c2)c2ccccc2)c2ccccc2)c1. The fourth-order valence-corrected chi connectivity index (χ4v) is 3.74. The van der Waals surface area contributed by atoms with Crippen molar-refractivity contribution in [1.82, 2.24) is 0 Å². The van der Waals surface area contributed by atoms with E-state index < -0.39 is 0 Å². The molecule has 0 aliphatic carbocycles.